The van der Waals surface area contributed by atoms with Crippen molar-refractivity contribution >= 4 is 17.6 Å². The zero-order chi connectivity index (χ0) is 19.8. The second-order valence-electron chi connectivity index (χ2n) is 6.13. The van der Waals surface area contributed by atoms with Crippen LogP contribution in [0.15, 0.2) is 30.5 Å². The number of ether oxygens (including phenoxy) is 1. The maximum absolute atomic E-state index is 12.8. The molecular formula is C17H16F3N3O4. The van der Waals surface area contributed by atoms with Crippen molar-refractivity contribution in [3.05, 3.63) is 47.3 Å². The molecule has 2 aromatic rings. The number of carbonyl (C=O) groups is 2. The smallest absolute Gasteiger partial charge is 0.478 e. The van der Waals surface area contributed by atoms with Gasteiger partial charge >= 0.3 is 12.3 Å². The van der Waals surface area contributed by atoms with Gasteiger partial charge in [-0.15, -0.1) is 13.2 Å². The predicted octanol–water partition coefficient (Wildman–Crippen LogP) is 2.71. The fourth-order valence-corrected chi connectivity index (χ4v) is 3.03. The first-order valence-corrected chi connectivity index (χ1v) is 8.09. The van der Waals surface area contributed by atoms with Crippen LogP contribution in [0.5, 0.6) is 0 Å². The summed E-state index contributed by atoms with van der Waals surface area (Å²) in [6, 6.07) is 6.18. The van der Waals surface area contributed by atoms with E-state index in [0.717, 1.165) is 6.20 Å². The van der Waals surface area contributed by atoms with E-state index in [0.29, 0.717) is 17.8 Å². The lowest BCUT2D eigenvalue weighted by molar-refractivity contribution is -0.324. The Morgan fingerprint density at radius 2 is 2.00 bits per heavy atom. The number of carboxylic acids is 1. The molecule has 144 valence electrons. The van der Waals surface area contributed by atoms with Crippen LogP contribution in [-0.2, 0) is 17.7 Å². The van der Waals surface area contributed by atoms with Crippen molar-refractivity contribution < 1.29 is 32.6 Å². The number of benzene rings is 1. The van der Waals surface area contributed by atoms with Gasteiger partial charge in [0, 0.05) is 5.69 Å². The maximum atomic E-state index is 12.8. The zero-order valence-corrected chi connectivity index (χ0v) is 14.2. The van der Waals surface area contributed by atoms with Crippen LogP contribution in [0.3, 0.4) is 0 Å². The molecule has 1 N–H and O–H groups in total. The van der Waals surface area contributed by atoms with Crippen molar-refractivity contribution in [1.29, 1.82) is 0 Å². The Labute approximate surface area is 151 Å². The number of carboxylic acid groups (broad SMARTS) is 1. The van der Waals surface area contributed by atoms with E-state index in [-0.39, 0.29) is 23.7 Å². The first-order valence-electron chi connectivity index (χ1n) is 8.09. The van der Waals surface area contributed by atoms with E-state index >= 15 is 0 Å². The van der Waals surface area contributed by atoms with E-state index in [1.165, 1.54) is 9.58 Å². The van der Waals surface area contributed by atoms with E-state index in [4.69, 9.17) is 0 Å². The molecule has 0 radical (unpaired) electrons. The summed E-state index contributed by atoms with van der Waals surface area (Å²) in [5, 5.41) is 13.2. The van der Waals surface area contributed by atoms with Crippen molar-refractivity contribution in [3.63, 3.8) is 0 Å². The Morgan fingerprint density at radius 3 is 2.59 bits per heavy atom. The lowest BCUT2D eigenvalue weighted by Gasteiger charge is -2.34. The van der Waals surface area contributed by atoms with Gasteiger partial charge in [-0.1, -0.05) is 12.1 Å². The number of fused-ring (bicyclic) bond motifs is 1. The largest absolute Gasteiger partial charge is 0.522 e. The fraction of sp³-hybridized carbons (Fsp3) is 0.353. The molecule has 0 aliphatic carbocycles. The molecule has 1 aromatic heterocycles. The molecule has 0 saturated carbocycles. The Balaban J connectivity index is 1.78. The number of aromatic carboxylic acids is 1. The van der Waals surface area contributed by atoms with Gasteiger partial charge in [0.15, 0.2) is 0 Å². The van der Waals surface area contributed by atoms with Gasteiger partial charge in [-0.3, -0.25) is 14.2 Å². The molecule has 1 unspecified atom stereocenters. The molecule has 27 heavy (non-hydrogen) atoms. The monoisotopic (exact) mass is 383 g/mol. The van der Waals surface area contributed by atoms with Crippen LogP contribution in [0.4, 0.5) is 18.9 Å². The summed E-state index contributed by atoms with van der Waals surface area (Å²) in [7, 11) is 0. The molecule has 1 aromatic carbocycles. The number of hydrogen-bond donors (Lipinski definition) is 1. The summed E-state index contributed by atoms with van der Waals surface area (Å²) in [6.45, 7) is 1.63. The molecule has 1 atom stereocenters. The third kappa shape index (κ3) is 3.95. The minimum atomic E-state index is -4.67. The fourth-order valence-electron chi connectivity index (χ4n) is 3.03. The van der Waals surface area contributed by atoms with Crippen LogP contribution in [0.25, 0.3) is 0 Å². The summed E-state index contributed by atoms with van der Waals surface area (Å²) in [5.41, 5.74) is 0.981. The number of carbonyl (C=O) groups excluding carboxylic acids is 1. The number of alkyl halides is 3. The highest BCUT2D eigenvalue weighted by atomic mass is 19.4. The Morgan fingerprint density at radius 1 is 1.33 bits per heavy atom. The average Bonchev–Trinajstić information content (AvgIpc) is 2.99. The van der Waals surface area contributed by atoms with Gasteiger partial charge in [0.05, 0.1) is 25.4 Å². The number of anilines is 1. The summed E-state index contributed by atoms with van der Waals surface area (Å²) in [5.74, 6) is -1.73. The van der Waals surface area contributed by atoms with Gasteiger partial charge in [0.2, 0.25) is 0 Å². The molecule has 3 rings (SSSR count). The normalized spacial score (nSPS) is 17.1. The molecular weight excluding hydrogens is 367 g/mol. The topological polar surface area (TPSA) is 84.7 Å². The molecule has 1 aliphatic heterocycles. The van der Waals surface area contributed by atoms with E-state index in [2.05, 4.69) is 9.84 Å². The number of nitrogens with zero attached hydrogens (tertiary/aromatic N) is 3. The maximum Gasteiger partial charge on any atom is 0.522 e. The lowest BCUT2D eigenvalue weighted by atomic mass is 10.1. The Hall–Kier alpha value is -2.88. The van der Waals surface area contributed by atoms with Crippen LogP contribution in [0, 0.1) is 0 Å². The third-order valence-corrected chi connectivity index (χ3v) is 4.24. The van der Waals surface area contributed by atoms with Crippen LogP contribution in [-0.4, -0.2) is 45.8 Å². The summed E-state index contributed by atoms with van der Waals surface area (Å²) < 4.78 is 41.2. The number of halogens is 3. The second kappa shape index (κ2) is 7.03. The first-order chi connectivity index (χ1) is 12.7. The highest BCUT2D eigenvalue weighted by Crippen LogP contribution is 2.27. The van der Waals surface area contributed by atoms with Gasteiger partial charge in [0.1, 0.15) is 11.3 Å². The SMILES string of the molecule is CC1Cn2ncc(C(=O)O)c2C(=O)N1c1ccc(CCOC(F)(F)F)cc1. The molecule has 7 nitrogen and oxygen atoms in total. The standard InChI is InChI=1S/C17H16F3N3O4/c1-10-9-22-14(13(8-21-22)16(25)26)15(24)23(10)12-4-2-11(3-5-12)6-7-27-17(18,19)20/h2-5,8,10H,6-7,9H2,1H3,(H,25,26). The Kier molecular flexibility index (Phi) is 4.92. The summed E-state index contributed by atoms with van der Waals surface area (Å²) in [6.07, 6.45) is -3.45. The molecule has 0 spiro atoms. The molecule has 0 fully saturated rings. The minimum absolute atomic E-state index is 0.00301. The highest BCUT2D eigenvalue weighted by molar-refractivity contribution is 6.11. The second-order valence-corrected chi connectivity index (χ2v) is 6.13. The number of hydrogen-bond acceptors (Lipinski definition) is 4. The van der Waals surface area contributed by atoms with E-state index in [9.17, 15) is 27.9 Å². The van der Waals surface area contributed by atoms with Crippen molar-refractivity contribution in [3.8, 4) is 0 Å². The lowest BCUT2D eigenvalue weighted by Crippen LogP contribution is -2.47. The van der Waals surface area contributed by atoms with E-state index in [1.807, 2.05) is 0 Å². The molecule has 0 bridgehead atoms. The third-order valence-electron chi connectivity index (χ3n) is 4.24. The molecule has 10 heteroatoms. The molecule has 2 heterocycles. The summed E-state index contributed by atoms with van der Waals surface area (Å²) >= 11 is 0. The van der Waals surface area contributed by atoms with Crippen molar-refractivity contribution in [2.75, 3.05) is 11.5 Å². The van der Waals surface area contributed by atoms with Gasteiger partial charge in [-0.2, -0.15) is 5.10 Å². The zero-order valence-electron chi connectivity index (χ0n) is 14.2. The number of amides is 1. The van der Waals surface area contributed by atoms with Gasteiger partial charge < -0.3 is 10.0 Å². The van der Waals surface area contributed by atoms with Crippen LogP contribution >= 0.6 is 0 Å². The number of aromatic nitrogens is 2. The van der Waals surface area contributed by atoms with E-state index in [1.54, 1.807) is 31.2 Å². The van der Waals surface area contributed by atoms with Gasteiger partial charge in [0.25, 0.3) is 5.91 Å². The van der Waals surface area contributed by atoms with E-state index < -0.39 is 24.8 Å². The van der Waals surface area contributed by atoms with Crippen LogP contribution in [0.2, 0.25) is 0 Å². The quantitative estimate of drug-likeness (QED) is 0.858. The number of rotatable bonds is 5. The van der Waals surface area contributed by atoms with Gasteiger partial charge in [-0.05, 0) is 31.0 Å². The van der Waals surface area contributed by atoms with Crippen LogP contribution < -0.4 is 4.90 Å². The average molecular weight is 383 g/mol. The first kappa shape index (κ1) is 18.9. The van der Waals surface area contributed by atoms with Crippen molar-refractivity contribution in [2.45, 2.75) is 32.3 Å². The predicted molar refractivity (Wildman–Crippen MR) is 87.6 cm³/mol. The van der Waals surface area contributed by atoms with Crippen molar-refractivity contribution in [2.24, 2.45) is 0 Å². The van der Waals surface area contributed by atoms with Crippen LogP contribution in [0.1, 0.15) is 33.3 Å². The minimum Gasteiger partial charge on any atom is -0.478 e. The van der Waals surface area contributed by atoms with Crippen molar-refractivity contribution in [1.82, 2.24) is 9.78 Å². The summed E-state index contributed by atoms with van der Waals surface area (Å²) in [4.78, 5) is 25.6. The molecule has 1 amide bonds. The Bertz CT molecular complexity index is 861. The highest BCUT2D eigenvalue weighted by Gasteiger charge is 2.35. The molecule has 0 saturated heterocycles. The molecule has 1 aliphatic rings. The van der Waals surface area contributed by atoms with Gasteiger partial charge in [-0.25, -0.2) is 4.79 Å².